The van der Waals surface area contributed by atoms with Crippen molar-refractivity contribution in [1.82, 2.24) is 4.98 Å². The fourth-order valence-corrected chi connectivity index (χ4v) is 2.23. The van der Waals surface area contributed by atoms with Crippen molar-refractivity contribution in [3.63, 3.8) is 0 Å². The molecule has 2 heterocycles. The van der Waals surface area contributed by atoms with Crippen LogP contribution in [0.15, 0.2) is 57.9 Å². The molecule has 2 aromatic carbocycles. The number of carbonyl (C=O) groups is 1. The van der Waals surface area contributed by atoms with Crippen LogP contribution in [0.4, 0.5) is 0 Å². The van der Waals surface area contributed by atoms with Crippen LogP contribution < -0.4 is 0 Å². The molecule has 0 bridgehead atoms. The van der Waals surface area contributed by atoms with Gasteiger partial charge in [-0.1, -0.05) is 30.3 Å². The molecule has 0 N–H and O–H groups in total. The van der Waals surface area contributed by atoms with Crippen LogP contribution in [0.25, 0.3) is 11.1 Å². The molecular formula is C15H8N2O2. The molecular weight excluding hydrogens is 240 g/mol. The molecule has 0 atom stereocenters. The lowest BCUT2D eigenvalue weighted by atomic mass is 10.1. The molecule has 0 radical (unpaired) electrons. The third-order valence-electron chi connectivity index (χ3n) is 3.12. The summed E-state index contributed by atoms with van der Waals surface area (Å²) in [5, 5.41) is 0. The number of para-hydroxylation sites is 2. The highest BCUT2D eigenvalue weighted by molar-refractivity contribution is 6.26. The Bertz CT molecular complexity index is 813. The first kappa shape index (κ1) is 10.2. The van der Waals surface area contributed by atoms with Gasteiger partial charge in [-0.25, -0.2) is 9.98 Å². The van der Waals surface area contributed by atoms with Crippen LogP contribution in [-0.4, -0.2) is 16.6 Å². The molecule has 4 rings (SSSR count). The zero-order valence-electron chi connectivity index (χ0n) is 9.83. The van der Waals surface area contributed by atoms with E-state index < -0.39 is 0 Å². The second-order valence-corrected chi connectivity index (χ2v) is 4.30. The number of rotatable bonds is 1. The Labute approximate surface area is 108 Å². The number of hydrogen-bond acceptors (Lipinski definition) is 3. The van der Waals surface area contributed by atoms with Gasteiger partial charge in [0, 0.05) is 5.56 Å². The number of amides is 1. The molecule has 90 valence electrons. The van der Waals surface area contributed by atoms with Crippen molar-refractivity contribution >= 4 is 22.7 Å². The predicted molar refractivity (Wildman–Crippen MR) is 70.4 cm³/mol. The standard InChI is InChI=1S/C15H8N2O2/c18-14-10-6-2-1-5-9(10)13(17-14)15-16-11-7-3-4-8-12(11)19-15/h1-8H. The maximum Gasteiger partial charge on any atom is 0.278 e. The van der Waals surface area contributed by atoms with E-state index in [0.717, 1.165) is 11.1 Å². The third-order valence-corrected chi connectivity index (χ3v) is 3.12. The van der Waals surface area contributed by atoms with Crippen molar-refractivity contribution in [3.8, 4) is 0 Å². The zero-order valence-corrected chi connectivity index (χ0v) is 9.83. The fourth-order valence-electron chi connectivity index (χ4n) is 2.23. The zero-order chi connectivity index (χ0) is 12.8. The van der Waals surface area contributed by atoms with Gasteiger partial charge in [-0.2, -0.15) is 0 Å². The summed E-state index contributed by atoms with van der Waals surface area (Å²) in [4.78, 5) is 20.2. The molecule has 1 aromatic heterocycles. The van der Waals surface area contributed by atoms with Gasteiger partial charge in [0.1, 0.15) is 11.2 Å². The quantitative estimate of drug-likeness (QED) is 0.665. The Hall–Kier alpha value is -2.75. The van der Waals surface area contributed by atoms with Crippen LogP contribution in [0.3, 0.4) is 0 Å². The molecule has 1 amide bonds. The monoisotopic (exact) mass is 248 g/mol. The van der Waals surface area contributed by atoms with Gasteiger partial charge in [-0.05, 0) is 18.2 Å². The van der Waals surface area contributed by atoms with E-state index in [1.54, 1.807) is 6.07 Å². The molecule has 0 saturated carbocycles. The average Bonchev–Trinajstić information content (AvgIpc) is 3.01. The van der Waals surface area contributed by atoms with E-state index in [2.05, 4.69) is 9.98 Å². The van der Waals surface area contributed by atoms with Gasteiger partial charge in [0.2, 0.25) is 5.89 Å². The van der Waals surface area contributed by atoms with Crippen LogP contribution >= 0.6 is 0 Å². The van der Waals surface area contributed by atoms with Gasteiger partial charge < -0.3 is 4.42 Å². The van der Waals surface area contributed by atoms with E-state index in [1.165, 1.54) is 0 Å². The average molecular weight is 248 g/mol. The summed E-state index contributed by atoms with van der Waals surface area (Å²) in [6.45, 7) is 0. The van der Waals surface area contributed by atoms with E-state index in [1.807, 2.05) is 42.5 Å². The lowest BCUT2D eigenvalue weighted by Crippen LogP contribution is -2.00. The molecule has 1 aliphatic rings. The number of aliphatic imine (C=N–C) groups is 1. The van der Waals surface area contributed by atoms with Gasteiger partial charge in [0.15, 0.2) is 5.58 Å². The Balaban J connectivity index is 1.94. The second-order valence-electron chi connectivity index (χ2n) is 4.30. The molecule has 3 aromatic rings. The number of nitrogens with zero attached hydrogens (tertiary/aromatic N) is 2. The van der Waals surface area contributed by atoms with Gasteiger partial charge in [0.05, 0.1) is 5.56 Å². The smallest absolute Gasteiger partial charge is 0.278 e. The Morgan fingerprint density at radius 2 is 1.63 bits per heavy atom. The number of oxazole rings is 1. The van der Waals surface area contributed by atoms with Crippen LogP contribution in [0.1, 0.15) is 21.8 Å². The van der Waals surface area contributed by atoms with Crippen molar-refractivity contribution in [3.05, 3.63) is 65.5 Å². The maximum absolute atomic E-state index is 11.8. The number of benzene rings is 2. The largest absolute Gasteiger partial charge is 0.435 e. The van der Waals surface area contributed by atoms with Crippen LogP contribution in [-0.2, 0) is 0 Å². The van der Waals surface area contributed by atoms with Gasteiger partial charge >= 0.3 is 0 Å². The first-order chi connectivity index (χ1) is 9.33. The Morgan fingerprint density at radius 3 is 2.47 bits per heavy atom. The number of aromatic nitrogens is 1. The summed E-state index contributed by atoms with van der Waals surface area (Å²) in [5.74, 6) is 0.146. The fraction of sp³-hybridized carbons (Fsp3) is 0. The molecule has 0 fully saturated rings. The van der Waals surface area contributed by atoms with Crippen molar-refractivity contribution in [1.29, 1.82) is 0 Å². The summed E-state index contributed by atoms with van der Waals surface area (Å²) >= 11 is 0. The summed E-state index contributed by atoms with van der Waals surface area (Å²) in [6.07, 6.45) is 0. The van der Waals surface area contributed by atoms with Gasteiger partial charge in [0.25, 0.3) is 5.91 Å². The van der Waals surface area contributed by atoms with Crippen molar-refractivity contribution < 1.29 is 9.21 Å². The molecule has 0 aliphatic carbocycles. The van der Waals surface area contributed by atoms with Crippen LogP contribution in [0.2, 0.25) is 0 Å². The van der Waals surface area contributed by atoms with Crippen molar-refractivity contribution in [2.24, 2.45) is 4.99 Å². The molecule has 4 nitrogen and oxygen atoms in total. The van der Waals surface area contributed by atoms with Crippen LogP contribution in [0, 0.1) is 0 Å². The SMILES string of the molecule is O=C1N=C(c2nc3ccccc3o2)c2ccccc21. The number of fused-ring (bicyclic) bond motifs is 2. The second kappa shape index (κ2) is 3.62. The number of hydrogen-bond donors (Lipinski definition) is 0. The summed E-state index contributed by atoms with van der Waals surface area (Å²) in [6, 6.07) is 14.8. The lowest BCUT2D eigenvalue weighted by molar-refractivity contribution is 0.101. The molecule has 0 saturated heterocycles. The van der Waals surface area contributed by atoms with E-state index in [9.17, 15) is 4.79 Å². The van der Waals surface area contributed by atoms with Gasteiger partial charge in [-0.15, -0.1) is 0 Å². The molecule has 0 unspecified atom stereocenters. The van der Waals surface area contributed by atoms with Crippen molar-refractivity contribution in [2.45, 2.75) is 0 Å². The summed E-state index contributed by atoms with van der Waals surface area (Å²) in [7, 11) is 0. The molecule has 19 heavy (non-hydrogen) atoms. The molecule has 0 spiro atoms. The van der Waals surface area contributed by atoms with Crippen LogP contribution in [0.5, 0.6) is 0 Å². The highest BCUT2D eigenvalue weighted by Gasteiger charge is 2.26. The molecule has 4 heteroatoms. The highest BCUT2D eigenvalue weighted by Crippen LogP contribution is 2.24. The topological polar surface area (TPSA) is 55.5 Å². The summed E-state index contributed by atoms with van der Waals surface area (Å²) in [5.41, 5.74) is 3.34. The Morgan fingerprint density at radius 1 is 0.895 bits per heavy atom. The van der Waals surface area contributed by atoms with Gasteiger partial charge in [-0.3, -0.25) is 4.79 Å². The maximum atomic E-state index is 11.8. The minimum atomic E-state index is -0.243. The Kier molecular flexibility index (Phi) is 1.94. The number of carbonyl (C=O) groups excluding carboxylic acids is 1. The first-order valence-corrected chi connectivity index (χ1v) is 5.91. The normalized spacial score (nSPS) is 13.7. The van der Waals surface area contributed by atoms with E-state index in [4.69, 9.17) is 4.42 Å². The van der Waals surface area contributed by atoms with E-state index >= 15 is 0 Å². The van der Waals surface area contributed by atoms with E-state index in [0.29, 0.717) is 22.7 Å². The lowest BCUT2D eigenvalue weighted by Gasteiger charge is -1.96. The van der Waals surface area contributed by atoms with Crippen molar-refractivity contribution in [2.75, 3.05) is 0 Å². The van der Waals surface area contributed by atoms with E-state index in [-0.39, 0.29) is 5.91 Å². The minimum absolute atomic E-state index is 0.243. The summed E-state index contributed by atoms with van der Waals surface area (Å²) < 4.78 is 5.66. The third kappa shape index (κ3) is 1.43. The minimum Gasteiger partial charge on any atom is -0.435 e. The highest BCUT2D eigenvalue weighted by atomic mass is 16.3. The first-order valence-electron chi connectivity index (χ1n) is 5.91. The predicted octanol–water partition coefficient (Wildman–Crippen LogP) is 2.82. The molecule has 1 aliphatic heterocycles.